The number of nitriles is 1. The molecular weight excluding hydrogens is 370 g/mol. The summed E-state index contributed by atoms with van der Waals surface area (Å²) in [6.07, 6.45) is 2.49. The van der Waals surface area contributed by atoms with Crippen LogP contribution in [0.3, 0.4) is 0 Å². The zero-order valence-corrected chi connectivity index (χ0v) is 16.4. The quantitative estimate of drug-likeness (QED) is 0.479. The van der Waals surface area contributed by atoms with Gasteiger partial charge in [0, 0.05) is 16.5 Å². The van der Waals surface area contributed by atoms with Crippen LogP contribution in [0.4, 0.5) is 5.13 Å². The Bertz CT molecular complexity index is 1050. The van der Waals surface area contributed by atoms with E-state index >= 15 is 0 Å². The van der Waals surface area contributed by atoms with Crippen molar-refractivity contribution in [1.82, 2.24) is 4.98 Å². The van der Waals surface area contributed by atoms with E-state index in [0.717, 1.165) is 17.7 Å². The second kappa shape index (κ2) is 8.98. The van der Waals surface area contributed by atoms with Crippen molar-refractivity contribution in [1.29, 1.82) is 5.26 Å². The van der Waals surface area contributed by atoms with Gasteiger partial charge in [0.2, 0.25) is 0 Å². The molecule has 0 saturated heterocycles. The highest BCUT2D eigenvalue weighted by Gasteiger charge is 2.13. The number of thiazole rings is 1. The van der Waals surface area contributed by atoms with E-state index in [4.69, 9.17) is 4.74 Å². The second-order valence-electron chi connectivity index (χ2n) is 5.95. The first-order valence-corrected chi connectivity index (χ1v) is 9.63. The van der Waals surface area contributed by atoms with Gasteiger partial charge < -0.3 is 4.74 Å². The second-order valence-corrected chi connectivity index (χ2v) is 6.81. The third kappa shape index (κ3) is 4.45. The fourth-order valence-corrected chi connectivity index (χ4v) is 3.34. The van der Waals surface area contributed by atoms with Crippen molar-refractivity contribution < 1.29 is 9.53 Å². The van der Waals surface area contributed by atoms with Gasteiger partial charge in [0.25, 0.3) is 5.91 Å². The van der Waals surface area contributed by atoms with Crippen molar-refractivity contribution in [3.63, 3.8) is 0 Å². The number of ether oxygens (including phenoxy) is 1. The molecule has 0 radical (unpaired) electrons. The summed E-state index contributed by atoms with van der Waals surface area (Å²) >= 11 is 1.32. The molecular formula is C22H19N3O2S. The van der Waals surface area contributed by atoms with E-state index in [2.05, 4.69) is 29.4 Å². The molecule has 0 atom stereocenters. The summed E-state index contributed by atoms with van der Waals surface area (Å²) in [6.45, 7) is 2.11. The monoisotopic (exact) mass is 389 g/mol. The molecule has 3 rings (SSSR count). The minimum Gasteiger partial charge on any atom is -0.496 e. The first-order valence-electron chi connectivity index (χ1n) is 8.75. The SMILES string of the molecule is CCc1ccc(-c2csc(NC(=O)/C(C#N)=C/c3ccccc3OC)n2)cc1. The van der Waals surface area contributed by atoms with Crippen LogP contribution in [0.25, 0.3) is 17.3 Å². The maximum Gasteiger partial charge on any atom is 0.268 e. The largest absolute Gasteiger partial charge is 0.496 e. The molecule has 140 valence electrons. The van der Waals surface area contributed by atoms with Crippen molar-refractivity contribution >= 4 is 28.5 Å². The summed E-state index contributed by atoms with van der Waals surface area (Å²) in [5.74, 6) is 0.0887. The first-order chi connectivity index (χ1) is 13.6. The zero-order chi connectivity index (χ0) is 19.9. The third-order valence-corrected chi connectivity index (χ3v) is 4.94. The number of benzene rings is 2. The first kappa shape index (κ1) is 19.3. The maximum absolute atomic E-state index is 12.5. The third-order valence-electron chi connectivity index (χ3n) is 4.19. The van der Waals surface area contributed by atoms with Crippen LogP contribution < -0.4 is 10.1 Å². The van der Waals surface area contributed by atoms with Crippen LogP contribution in [0.15, 0.2) is 59.5 Å². The average molecular weight is 389 g/mol. The van der Waals surface area contributed by atoms with E-state index in [0.29, 0.717) is 16.4 Å². The molecule has 0 aliphatic rings. The number of hydrogen-bond donors (Lipinski definition) is 1. The summed E-state index contributed by atoms with van der Waals surface area (Å²) in [5.41, 5.74) is 3.67. The number of nitrogens with one attached hydrogen (secondary N) is 1. The lowest BCUT2D eigenvalue weighted by Crippen LogP contribution is -2.13. The molecule has 1 heterocycles. The average Bonchev–Trinajstić information content (AvgIpc) is 3.20. The molecule has 2 aromatic carbocycles. The van der Waals surface area contributed by atoms with Crippen LogP contribution in [0, 0.1) is 11.3 Å². The fourth-order valence-electron chi connectivity index (χ4n) is 2.63. The Labute approximate surface area is 167 Å². The van der Waals surface area contributed by atoms with E-state index in [-0.39, 0.29) is 5.57 Å². The molecule has 0 bridgehead atoms. The lowest BCUT2D eigenvalue weighted by molar-refractivity contribution is -0.112. The van der Waals surface area contributed by atoms with Gasteiger partial charge in [-0.3, -0.25) is 10.1 Å². The van der Waals surface area contributed by atoms with Crippen LogP contribution in [-0.2, 0) is 11.2 Å². The van der Waals surface area contributed by atoms with Crippen LogP contribution >= 0.6 is 11.3 Å². The van der Waals surface area contributed by atoms with Crippen molar-refractivity contribution in [2.24, 2.45) is 0 Å². The molecule has 3 aromatic rings. The highest BCUT2D eigenvalue weighted by Crippen LogP contribution is 2.26. The molecule has 0 spiro atoms. The highest BCUT2D eigenvalue weighted by molar-refractivity contribution is 7.14. The van der Waals surface area contributed by atoms with Gasteiger partial charge in [-0.2, -0.15) is 5.26 Å². The number of aromatic nitrogens is 1. The molecule has 1 aromatic heterocycles. The highest BCUT2D eigenvalue weighted by atomic mass is 32.1. The Morgan fingerprint density at radius 3 is 2.68 bits per heavy atom. The molecule has 0 unspecified atom stereocenters. The predicted octanol–water partition coefficient (Wildman–Crippen LogP) is 4.93. The lowest BCUT2D eigenvalue weighted by atomic mass is 10.1. The lowest BCUT2D eigenvalue weighted by Gasteiger charge is -2.05. The van der Waals surface area contributed by atoms with Gasteiger partial charge in [-0.1, -0.05) is 49.4 Å². The smallest absolute Gasteiger partial charge is 0.268 e. The van der Waals surface area contributed by atoms with Gasteiger partial charge in [0.15, 0.2) is 5.13 Å². The van der Waals surface area contributed by atoms with Gasteiger partial charge >= 0.3 is 0 Å². The Morgan fingerprint density at radius 1 is 1.25 bits per heavy atom. The van der Waals surface area contributed by atoms with E-state index in [9.17, 15) is 10.1 Å². The molecule has 1 N–H and O–H groups in total. The van der Waals surface area contributed by atoms with Crippen LogP contribution in [0.2, 0.25) is 0 Å². The zero-order valence-electron chi connectivity index (χ0n) is 15.6. The minimum atomic E-state index is -0.504. The van der Waals surface area contributed by atoms with Crippen molar-refractivity contribution in [2.45, 2.75) is 13.3 Å². The summed E-state index contributed by atoms with van der Waals surface area (Å²) < 4.78 is 5.26. The van der Waals surface area contributed by atoms with Crippen LogP contribution in [0.1, 0.15) is 18.1 Å². The van der Waals surface area contributed by atoms with E-state index < -0.39 is 5.91 Å². The molecule has 28 heavy (non-hydrogen) atoms. The van der Waals surface area contributed by atoms with Crippen molar-refractivity contribution in [3.8, 4) is 23.1 Å². The number of carbonyl (C=O) groups excluding carboxylic acids is 1. The maximum atomic E-state index is 12.5. The Hall–Kier alpha value is -3.43. The molecule has 0 aliphatic carbocycles. The Kier molecular flexibility index (Phi) is 6.20. The Morgan fingerprint density at radius 2 is 2.00 bits per heavy atom. The number of amides is 1. The van der Waals surface area contributed by atoms with Crippen LogP contribution in [-0.4, -0.2) is 18.0 Å². The van der Waals surface area contributed by atoms with Crippen LogP contribution in [0.5, 0.6) is 5.75 Å². The molecule has 6 heteroatoms. The van der Waals surface area contributed by atoms with Gasteiger partial charge in [0.05, 0.1) is 12.8 Å². The number of anilines is 1. The van der Waals surface area contributed by atoms with Gasteiger partial charge in [0.1, 0.15) is 17.4 Å². The summed E-state index contributed by atoms with van der Waals surface area (Å²) in [7, 11) is 1.54. The topological polar surface area (TPSA) is 75.0 Å². The summed E-state index contributed by atoms with van der Waals surface area (Å²) in [6, 6.07) is 17.3. The summed E-state index contributed by atoms with van der Waals surface area (Å²) in [5, 5.41) is 14.4. The molecule has 0 saturated carbocycles. The molecule has 0 aliphatic heterocycles. The van der Waals surface area contributed by atoms with Gasteiger partial charge in [-0.15, -0.1) is 11.3 Å². The molecule has 0 fully saturated rings. The summed E-state index contributed by atoms with van der Waals surface area (Å²) in [4.78, 5) is 17.0. The molecule has 5 nitrogen and oxygen atoms in total. The molecule has 1 amide bonds. The van der Waals surface area contributed by atoms with Crippen molar-refractivity contribution in [2.75, 3.05) is 12.4 Å². The standard InChI is InChI=1S/C22H19N3O2S/c1-3-15-8-10-16(11-9-15)19-14-28-22(24-19)25-21(26)18(13-23)12-17-6-4-5-7-20(17)27-2/h4-12,14H,3H2,1-2H3,(H,24,25,26)/b18-12+. The number of methoxy groups -OCH3 is 1. The Balaban J connectivity index is 1.77. The van der Waals surface area contributed by atoms with Crippen molar-refractivity contribution in [3.05, 3.63) is 70.6 Å². The van der Waals surface area contributed by atoms with E-state index in [1.54, 1.807) is 19.2 Å². The van der Waals surface area contributed by atoms with Gasteiger partial charge in [-0.05, 0) is 24.1 Å². The van der Waals surface area contributed by atoms with E-state index in [1.165, 1.54) is 23.0 Å². The number of para-hydroxylation sites is 1. The predicted molar refractivity (Wildman–Crippen MR) is 112 cm³/mol. The fraction of sp³-hybridized carbons (Fsp3) is 0.136. The normalized spacial score (nSPS) is 11.0. The minimum absolute atomic E-state index is 0.0199. The number of nitrogens with zero attached hydrogens (tertiary/aromatic N) is 2. The van der Waals surface area contributed by atoms with Gasteiger partial charge in [-0.25, -0.2) is 4.98 Å². The van der Waals surface area contributed by atoms with E-state index in [1.807, 2.05) is 35.7 Å². The number of aryl methyl sites for hydroxylation is 1. The number of carbonyl (C=O) groups is 1. The number of rotatable bonds is 6. The number of hydrogen-bond acceptors (Lipinski definition) is 5.